The quantitative estimate of drug-likeness (QED) is 0.704. The maximum absolute atomic E-state index is 11.1. The van der Waals surface area contributed by atoms with Crippen LogP contribution in [0.2, 0.25) is 0 Å². The van der Waals surface area contributed by atoms with E-state index in [-0.39, 0.29) is 5.75 Å². The minimum absolute atomic E-state index is 0.0366. The molecule has 1 aliphatic carbocycles. The minimum atomic E-state index is -3.46. The van der Waals surface area contributed by atoms with E-state index in [2.05, 4.69) is 6.92 Å². The topological polar surface area (TPSA) is 43.4 Å². The molecule has 0 amide bonds. The van der Waals surface area contributed by atoms with Gasteiger partial charge in [0, 0.05) is 16.1 Å². The van der Waals surface area contributed by atoms with E-state index in [0.29, 0.717) is 18.6 Å². The van der Waals surface area contributed by atoms with Crippen LogP contribution in [-0.4, -0.2) is 26.9 Å². The summed E-state index contributed by atoms with van der Waals surface area (Å²) in [5.74, 6) is 0.590. The zero-order valence-electron chi connectivity index (χ0n) is 11.6. The van der Waals surface area contributed by atoms with E-state index in [9.17, 15) is 8.42 Å². The molecule has 18 heavy (non-hydrogen) atoms. The number of rotatable bonds is 6. The summed E-state index contributed by atoms with van der Waals surface area (Å²) in [7, 11) is 1.85. The predicted molar refractivity (Wildman–Crippen MR) is 75.4 cm³/mol. The molecule has 1 aliphatic rings. The summed E-state index contributed by atoms with van der Waals surface area (Å²) in [6.45, 7) is 6.42. The fraction of sp³-hybridized carbons (Fsp3) is 1.00. The van der Waals surface area contributed by atoms with Gasteiger partial charge in [0.15, 0.2) is 0 Å². The maximum Gasteiger partial charge on any atom is 0.233 e. The molecule has 1 fully saturated rings. The van der Waals surface area contributed by atoms with E-state index in [1.54, 1.807) is 0 Å². The van der Waals surface area contributed by atoms with Gasteiger partial charge in [-0.25, -0.2) is 8.42 Å². The number of ether oxygens (including phenoxy) is 1. The Morgan fingerprint density at radius 3 is 2.44 bits per heavy atom. The Bertz CT molecular complexity index is 351. The lowest BCUT2D eigenvalue weighted by Crippen LogP contribution is -2.34. The van der Waals surface area contributed by atoms with E-state index in [0.717, 1.165) is 12.8 Å². The fourth-order valence-corrected chi connectivity index (χ4v) is 4.60. The second-order valence-corrected chi connectivity index (χ2v) is 8.93. The smallest absolute Gasteiger partial charge is 0.233 e. The molecule has 0 saturated heterocycles. The predicted octanol–water partition coefficient (Wildman–Crippen LogP) is 3.57. The first kappa shape index (κ1) is 16.3. The van der Waals surface area contributed by atoms with Gasteiger partial charge in [-0.1, -0.05) is 40.0 Å². The third-order valence-electron chi connectivity index (χ3n) is 3.62. The average Bonchev–Trinajstić information content (AvgIpc) is 2.23. The van der Waals surface area contributed by atoms with Gasteiger partial charge in [-0.3, -0.25) is 0 Å². The van der Waals surface area contributed by atoms with Crippen molar-refractivity contribution < 1.29 is 13.2 Å². The molecule has 1 rings (SSSR count). The number of halogens is 1. The van der Waals surface area contributed by atoms with E-state index in [4.69, 9.17) is 15.4 Å². The SMILES string of the molecule is CCC1CCCCC1OCC(C)(C)CS(=O)(=O)Cl. The molecule has 0 aromatic rings. The van der Waals surface area contributed by atoms with Crippen molar-refractivity contribution in [3.63, 3.8) is 0 Å². The Morgan fingerprint density at radius 1 is 1.28 bits per heavy atom. The van der Waals surface area contributed by atoms with Crippen molar-refractivity contribution in [2.24, 2.45) is 11.3 Å². The molecule has 0 spiro atoms. The zero-order valence-corrected chi connectivity index (χ0v) is 13.2. The molecule has 5 heteroatoms. The summed E-state index contributed by atoms with van der Waals surface area (Å²) in [6.07, 6.45) is 6.27. The third-order valence-corrected chi connectivity index (χ3v) is 5.07. The average molecular weight is 297 g/mol. The largest absolute Gasteiger partial charge is 0.377 e. The third kappa shape index (κ3) is 5.89. The van der Waals surface area contributed by atoms with Crippen molar-refractivity contribution >= 4 is 19.7 Å². The molecule has 0 aromatic heterocycles. The highest BCUT2D eigenvalue weighted by Gasteiger charge is 2.29. The zero-order chi connectivity index (χ0) is 13.8. The van der Waals surface area contributed by atoms with Crippen LogP contribution in [0.3, 0.4) is 0 Å². The lowest BCUT2D eigenvalue weighted by molar-refractivity contribution is -0.0409. The van der Waals surface area contributed by atoms with Crippen molar-refractivity contribution in [2.75, 3.05) is 12.4 Å². The number of hydrogen-bond donors (Lipinski definition) is 0. The van der Waals surface area contributed by atoms with Crippen molar-refractivity contribution in [1.82, 2.24) is 0 Å². The Labute approximate surface area is 116 Å². The Balaban J connectivity index is 2.47. The van der Waals surface area contributed by atoms with E-state index < -0.39 is 14.5 Å². The summed E-state index contributed by atoms with van der Waals surface area (Å²) in [4.78, 5) is 0. The van der Waals surface area contributed by atoms with E-state index >= 15 is 0 Å². The highest BCUT2D eigenvalue weighted by molar-refractivity contribution is 8.13. The second-order valence-electron chi connectivity index (χ2n) is 6.15. The van der Waals surface area contributed by atoms with Gasteiger partial charge in [0.05, 0.1) is 18.5 Å². The van der Waals surface area contributed by atoms with Gasteiger partial charge in [-0.15, -0.1) is 0 Å². The molecule has 0 bridgehead atoms. The normalized spacial score (nSPS) is 26.2. The highest BCUT2D eigenvalue weighted by Crippen LogP contribution is 2.31. The lowest BCUT2D eigenvalue weighted by atomic mass is 9.84. The van der Waals surface area contributed by atoms with Gasteiger partial charge in [0.1, 0.15) is 0 Å². The summed E-state index contributed by atoms with van der Waals surface area (Å²) in [5, 5.41) is 0. The van der Waals surface area contributed by atoms with Gasteiger partial charge < -0.3 is 4.74 Å². The maximum atomic E-state index is 11.1. The molecule has 2 unspecified atom stereocenters. The van der Waals surface area contributed by atoms with Crippen LogP contribution in [0.1, 0.15) is 52.9 Å². The molecule has 0 aromatic carbocycles. The summed E-state index contributed by atoms with van der Waals surface area (Å²) >= 11 is 0. The van der Waals surface area contributed by atoms with Crippen molar-refractivity contribution in [3.05, 3.63) is 0 Å². The van der Waals surface area contributed by atoms with Crippen LogP contribution in [0.25, 0.3) is 0 Å². The van der Waals surface area contributed by atoms with Gasteiger partial charge in [-0.05, 0) is 18.8 Å². The molecule has 1 saturated carbocycles. The second kappa shape index (κ2) is 6.58. The molecular formula is C13H25ClO3S. The molecule has 108 valence electrons. The first-order chi connectivity index (χ1) is 8.23. The van der Waals surface area contributed by atoms with Crippen LogP contribution in [0.5, 0.6) is 0 Å². The fourth-order valence-electron chi connectivity index (χ4n) is 2.70. The van der Waals surface area contributed by atoms with Crippen LogP contribution < -0.4 is 0 Å². The monoisotopic (exact) mass is 296 g/mol. The highest BCUT2D eigenvalue weighted by atomic mass is 35.7. The van der Waals surface area contributed by atoms with E-state index in [1.165, 1.54) is 19.3 Å². The van der Waals surface area contributed by atoms with Gasteiger partial charge >= 0.3 is 0 Å². The standard InChI is InChI=1S/C13H25ClO3S/c1-4-11-7-5-6-8-12(11)17-9-13(2,3)10-18(14,15)16/h11-12H,4-10H2,1-3H3. The van der Waals surface area contributed by atoms with Crippen molar-refractivity contribution in [2.45, 2.75) is 59.0 Å². The van der Waals surface area contributed by atoms with Crippen molar-refractivity contribution in [1.29, 1.82) is 0 Å². The van der Waals surface area contributed by atoms with Crippen LogP contribution in [0.15, 0.2) is 0 Å². The molecule has 0 radical (unpaired) electrons. The van der Waals surface area contributed by atoms with Crippen LogP contribution in [0, 0.1) is 11.3 Å². The van der Waals surface area contributed by atoms with Gasteiger partial charge in [0.2, 0.25) is 9.05 Å². The lowest BCUT2D eigenvalue weighted by Gasteiger charge is -2.33. The summed E-state index contributed by atoms with van der Waals surface area (Å²) in [6, 6.07) is 0. The van der Waals surface area contributed by atoms with Crippen LogP contribution in [-0.2, 0) is 13.8 Å². The van der Waals surface area contributed by atoms with E-state index in [1.807, 2.05) is 13.8 Å². The molecule has 0 heterocycles. The summed E-state index contributed by atoms with van der Waals surface area (Å²) < 4.78 is 28.2. The van der Waals surface area contributed by atoms with Gasteiger partial charge in [-0.2, -0.15) is 0 Å². The molecular weight excluding hydrogens is 272 g/mol. The minimum Gasteiger partial charge on any atom is -0.377 e. The Kier molecular flexibility index (Phi) is 5.94. The molecule has 0 N–H and O–H groups in total. The first-order valence-electron chi connectivity index (χ1n) is 6.77. The van der Waals surface area contributed by atoms with Crippen LogP contribution >= 0.6 is 10.7 Å². The molecule has 2 atom stereocenters. The first-order valence-corrected chi connectivity index (χ1v) is 9.25. The number of hydrogen-bond acceptors (Lipinski definition) is 3. The van der Waals surface area contributed by atoms with Crippen LogP contribution in [0.4, 0.5) is 0 Å². The Hall–Kier alpha value is 0.200. The summed E-state index contributed by atoms with van der Waals surface area (Å²) in [5.41, 5.74) is -0.420. The Morgan fingerprint density at radius 2 is 1.89 bits per heavy atom. The molecule has 3 nitrogen and oxygen atoms in total. The van der Waals surface area contributed by atoms with Gasteiger partial charge in [0.25, 0.3) is 0 Å². The molecule has 0 aliphatic heterocycles. The van der Waals surface area contributed by atoms with Crippen molar-refractivity contribution in [3.8, 4) is 0 Å².